The van der Waals surface area contributed by atoms with Crippen LogP contribution in [-0.4, -0.2) is 55.0 Å². The summed E-state index contributed by atoms with van der Waals surface area (Å²) in [4.78, 5) is 16.2. The summed E-state index contributed by atoms with van der Waals surface area (Å²) in [6.07, 6.45) is 3.78. The van der Waals surface area contributed by atoms with Crippen molar-refractivity contribution < 1.29 is 4.79 Å². The number of hydrogen-bond donors (Lipinski definition) is 1. The Morgan fingerprint density at radius 2 is 2.06 bits per heavy atom. The predicted molar refractivity (Wildman–Crippen MR) is 66.2 cm³/mol. The average Bonchev–Trinajstić information content (AvgIpc) is 2.28. The molecular weight excluding hydrogens is 202 g/mol. The van der Waals surface area contributed by atoms with Gasteiger partial charge in [0.25, 0.3) is 0 Å². The van der Waals surface area contributed by atoms with E-state index >= 15 is 0 Å². The number of likely N-dealkylation sites (N-methyl/N-ethyl adjacent to an activating group) is 1. The van der Waals surface area contributed by atoms with Crippen molar-refractivity contribution in [1.29, 1.82) is 0 Å². The minimum absolute atomic E-state index is 0.317. The van der Waals surface area contributed by atoms with Crippen LogP contribution < -0.4 is 5.73 Å². The molecule has 1 aliphatic rings. The van der Waals surface area contributed by atoms with E-state index in [1.54, 1.807) is 0 Å². The van der Waals surface area contributed by atoms with Crippen LogP contribution in [0.4, 0.5) is 0 Å². The Kier molecular flexibility index (Phi) is 5.77. The van der Waals surface area contributed by atoms with Crippen LogP contribution in [0.1, 0.15) is 32.6 Å². The second-order valence-corrected chi connectivity index (χ2v) is 4.77. The molecule has 1 saturated heterocycles. The van der Waals surface area contributed by atoms with E-state index in [0.29, 0.717) is 18.4 Å². The van der Waals surface area contributed by atoms with E-state index < -0.39 is 0 Å². The van der Waals surface area contributed by atoms with Crippen molar-refractivity contribution in [2.75, 3.05) is 33.2 Å². The molecule has 16 heavy (non-hydrogen) atoms. The number of piperazine rings is 1. The molecule has 0 aliphatic carbocycles. The van der Waals surface area contributed by atoms with Gasteiger partial charge in [-0.05, 0) is 33.4 Å². The third-order valence-electron chi connectivity index (χ3n) is 3.41. The first-order valence-corrected chi connectivity index (χ1v) is 6.33. The number of carbonyl (C=O) groups is 1. The first-order chi connectivity index (χ1) is 7.65. The molecule has 1 aliphatic heterocycles. The third kappa shape index (κ3) is 4.10. The fraction of sp³-hybridized carbons (Fsp3) is 0.917. The number of rotatable bonds is 5. The molecule has 0 aromatic heterocycles. The number of hydrogen-bond acceptors (Lipinski definition) is 3. The van der Waals surface area contributed by atoms with Crippen LogP contribution in [0.5, 0.6) is 0 Å². The lowest BCUT2D eigenvalue weighted by Crippen LogP contribution is -2.51. The lowest BCUT2D eigenvalue weighted by molar-refractivity contribution is -0.133. The van der Waals surface area contributed by atoms with Gasteiger partial charge in [0.15, 0.2) is 0 Å². The van der Waals surface area contributed by atoms with Gasteiger partial charge < -0.3 is 15.5 Å². The fourth-order valence-corrected chi connectivity index (χ4v) is 2.03. The molecule has 1 rings (SSSR count). The monoisotopic (exact) mass is 227 g/mol. The van der Waals surface area contributed by atoms with Crippen LogP contribution in [0.25, 0.3) is 0 Å². The number of unbranched alkanes of at least 4 members (excludes halogenated alkanes) is 2. The SMILES string of the molecule is CC1CN(C(=O)CCCCCN)CCN1C. The van der Waals surface area contributed by atoms with E-state index in [1.807, 2.05) is 4.90 Å². The molecule has 1 unspecified atom stereocenters. The van der Waals surface area contributed by atoms with Crippen molar-refractivity contribution in [2.45, 2.75) is 38.6 Å². The molecule has 0 saturated carbocycles. The van der Waals surface area contributed by atoms with E-state index in [1.165, 1.54) is 0 Å². The van der Waals surface area contributed by atoms with Crippen molar-refractivity contribution in [3.8, 4) is 0 Å². The molecular formula is C12H25N3O. The van der Waals surface area contributed by atoms with Gasteiger partial charge in [-0.1, -0.05) is 6.42 Å². The van der Waals surface area contributed by atoms with Crippen molar-refractivity contribution in [3.63, 3.8) is 0 Å². The van der Waals surface area contributed by atoms with E-state index in [4.69, 9.17) is 5.73 Å². The van der Waals surface area contributed by atoms with Crippen LogP contribution in [0.3, 0.4) is 0 Å². The maximum Gasteiger partial charge on any atom is 0.222 e. The molecule has 1 heterocycles. The number of nitrogens with zero attached hydrogens (tertiary/aromatic N) is 2. The molecule has 0 spiro atoms. The summed E-state index contributed by atoms with van der Waals surface area (Å²) in [6.45, 7) is 5.67. The normalized spacial score (nSPS) is 22.4. The van der Waals surface area contributed by atoms with Crippen molar-refractivity contribution in [1.82, 2.24) is 9.80 Å². The molecule has 0 radical (unpaired) electrons. The highest BCUT2D eigenvalue weighted by atomic mass is 16.2. The molecule has 4 heteroatoms. The zero-order chi connectivity index (χ0) is 12.0. The van der Waals surface area contributed by atoms with Crippen molar-refractivity contribution in [3.05, 3.63) is 0 Å². The second kappa shape index (κ2) is 6.86. The molecule has 1 atom stereocenters. The van der Waals surface area contributed by atoms with Gasteiger partial charge in [0.1, 0.15) is 0 Å². The highest BCUT2D eigenvalue weighted by Crippen LogP contribution is 2.10. The summed E-state index contributed by atoms with van der Waals surface area (Å²) >= 11 is 0. The smallest absolute Gasteiger partial charge is 0.222 e. The Bertz CT molecular complexity index is 220. The van der Waals surface area contributed by atoms with Crippen LogP contribution in [0, 0.1) is 0 Å². The van der Waals surface area contributed by atoms with Crippen LogP contribution in [0.15, 0.2) is 0 Å². The molecule has 0 bridgehead atoms. The highest BCUT2D eigenvalue weighted by Gasteiger charge is 2.23. The molecule has 1 fully saturated rings. The van der Waals surface area contributed by atoms with Gasteiger partial charge in [-0.2, -0.15) is 0 Å². The van der Waals surface area contributed by atoms with Crippen LogP contribution in [0.2, 0.25) is 0 Å². The Morgan fingerprint density at radius 3 is 2.69 bits per heavy atom. The largest absolute Gasteiger partial charge is 0.340 e. The standard InChI is InChI=1S/C12H25N3O/c1-11-10-15(9-8-14(11)2)12(16)6-4-3-5-7-13/h11H,3-10,13H2,1-2H3. The zero-order valence-electron chi connectivity index (χ0n) is 10.6. The predicted octanol–water partition coefficient (Wildman–Crippen LogP) is 0.668. The molecule has 1 amide bonds. The Morgan fingerprint density at radius 1 is 1.31 bits per heavy atom. The van der Waals surface area contributed by atoms with Gasteiger partial charge in [-0.15, -0.1) is 0 Å². The van der Waals surface area contributed by atoms with Gasteiger partial charge in [-0.3, -0.25) is 4.79 Å². The highest BCUT2D eigenvalue weighted by molar-refractivity contribution is 5.76. The summed E-state index contributed by atoms with van der Waals surface area (Å²) in [5, 5.41) is 0. The lowest BCUT2D eigenvalue weighted by Gasteiger charge is -2.37. The first-order valence-electron chi connectivity index (χ1n) is 6.33. The molecule has 0 aromatic carbocycles. The Labute approximate surface area is 98.8 Å². The van der Waals surface area contributed by atoms with E-state index in [-0.39, 0.29) is 0 Å². The van der Waals surface area contributed by atoms with Gasteiger partial charge in [0.2, 0.25) is 5.91 Å². The maximum atomic E-state index is 11.9. The van der Waals surface area contributed by atoms with E-state index in [2.05, 4.69) is 18.9 Å². The minimum atomic E-state index is 0.317. The Balaban J connectivity index is 2.21. The second-order valence-electron chi connectivity index (χ2n) is 4.77. The summed E-state index contributed by atoms with van der Waals surface area (Å²) in [7, 11) is 2.12. The molecule has 0 aromatic rings. The van der Waals surface area contributed by atoms with Gasteiger partial charge in [-0.25, -0.2) is 0 Å². The zero-order valence-corrected chi connectivity index (χ0v) is 10.6. The van der Waals surface area contributed by atoms with Gasteiger partial charge in [0.05, 0.1) is 0 Å². The van der Waals surface area contributed by atoms with Crippen molar-refractivity contribution >= 4 is 5.91 Å². The number of carbonyl (C=O) groups excluding carboxylic acids is 1. The Hall–Kier alpha value is -0.610. The van der Waals surface area contributed by atoms with Gasteiger partial charge >= 0.3 is 0 Å². The third-order valence-corrected chi connectivity index (χ3v) is 3.41. The van der Waals surface area contributed by atoms with Gasteiger partial charge in [0, 0.05) is 32.1 Å². The molecule has 2 N–H and O–H groups in total. The summed E-state index contributed by atoms with van der Waals surface area (Å²) in [5.41, 5.74) is 5.42. The number of amides is 1. The fourth-order valence-electron chi connectivity index (χ4n) is 2.03. The topological polar surface area (TPSA) is 49.6 Å². The lowest BCUT2D eigenvalue weighted by atomic mass is 10.1. The quantitative estimate of drug-likeness (QED) is 0.702. The summed E-state index contributed by atoms with van der Waals surface area (Å²) < 4.78 is 0. The van der Waals surface area contributed by atoms with Crippen LogP contribution >= 0.6 is 0 Å². The van der Waals surface area contributed by atoms with E-state index in [9.17, 15) is 4.79 Å². The number of nitrogens with two attached hydrogens (primary N) is 1. The van der Waals surface area contributed by atoms with E-state index in [0.717, 1.165) is 45.4 Å². The molecule has 4 nitrogen and oxygen atoms in total. The maximum absolute atomic E-state index is 11.9. The van der Waals surface area contributed by atoms with Crippen molar-refractivity contribution in [2.24, 2.45) is 5.73 Å². The first kappa shape index (κ1) is 13.5. The summed E-state index contributed by atoms with van der Waals surface area (Å²) in [6, 6.07) is 0.488. The summed E-state index contributed by atoms with van der Waals surface area (Å²) in [5.74, 6) is 0.317. The van der Waals surface area contributed by atoms with Crippen LogP contribution in [-0.2, 0) is 4.79 Å². The minimum Gasteiger partial charge on any atom is -0.340 e. The average molecular weight is 227 g/mol. The molecule has 94 valence electrons.